The van der Waals surface area contributed by atoms with E-state index in [2.05, 4.69) is 20.6 Å². The summed E-state index contributed by atoms with van der Waals surface area (Å²) in [5, 5.41) is 26.4. The topological polar surface area (TPSA) is 150 Å². The van der Waals surface area contributed by atoms with Crippen LogP contribution in [0.15, 0.2) is 30.6 Å². The molecule has 0 saturated heterocycles. The third kappa shape index (κ3) is 3.69. The molecule has 4 saturated carbocycles. The summed E-state index contributed by atoms with van der Waals surface area (Å²) in [5.74, 6) is 0.615. The van der Waals surface area contributed by atoms with E-state index in [0.29, 0.717) is 40.6 Å². The van der Waals surface area contributed by atoms with Crippen molar-refractivity contribution < 1.29 is 19.8 Å². The highest BCUT2D eigenvalue weighted by atomic mass is 16.4. The van der Waals surface area contributed by atoms with E-state index in [1.165, 1.54) is 18.5 Å². The second-order valence-corrected chi connectivity index (χ2v) is 9.21. The molecule has 0 unspecified atom stereocenters. The molecule has 6 N–H and O–H groups in total. The zero-order valence-electron chi connectivity index (χ0n) is 16.9. The lowest BCUT2D eigenvalue weighted by atomic mass is 9.52. The minimum absolute atomic E-state index is 0.0912. The van der Waals surface area contributed by atoms with Crippen LogP contribution in [0.25, 0.3) is 0 Å². The zero-order valence-corrected chi connectivity index (χ0v) is 16.9. The van der Waals surface area contributed by atoms with E-state index in [1.54, 1.807) is 12.1 Å². The van der Waals surface area contributed by atoms with Crippen LogP contribution < -0.4 is 16.4 Å². The summed E-state index contributed by atoms with van der Waals surface area (Å²) in [5.41, 5.74) is 6.07. The first-order chi connectivity index (χ1) is 14.8. The Labute approximate surface area is 179 Å². The largest absolute Gasteiger partial charge is 0.478 e. The van der Waals surface area contributed by atoms with Crippen molar-refractivity contribution in [2.24, 2.45) is 23.5 Å². The molecule has 31 heavy (non-hydrogen) atoms. The van der Waals surface area contributed by atoms with E-state index in [0.717, 1.165) is 32.1 Å². The van der Waals surface area contributed by atoms with Crippen LogP contribution >= 0.6 is 0 Å². The van der Waals surface area contributed by atoms with Crippen LogP contribution in [0.2, 0.25) is 0 Å². The average Bonchev–Trinajstić information content (AvgIpc) is 2.70. The summed E-state index contributed by atoms with van der Waals surface area (Å²) < 4.78 is 0. The van der Waals surface area contributed by atoms with Gasteiger partial charge in [-0.25, -0.2) is 14.8 Å². The Morgan fingerprint density at radius 2 is 1.77 bits per heavy atom. The molecular formula is C22H25N5O4. The van der Waals surface area contributed by atoms with Crippen molar-refractivity contribution in [2.45, 2.75) is 43.7 Å². The Kier molecular flexibility index (Phi) is 4.58. The van der Waals surface area contributed by atoms with Crippen LogP contribution in [0.5, 0.6) is 0 Å². The van der Waals surface area contributed by atoms with Gasteiger partial charge in [-0.05, 0) is 62.0 Å². The quantitative estimate of drug-likeness (QED) is 0.475. The van der Waals surface area contributed by atoms with Gasteiger partial charge in [0, 0.05) is 24.5 Å². The molecule has 6 rings (SSSR count). The third-order valence-corrected chi connectivity index (χ3v) is 7.00. The molecule has 162 valence electrons. The van der Waals surface area contributed by atoms with Crippen molar-refractivity contribution in [3.05, 3.63) is 41.7 Å². The summed E-state index contributed by atoms with van der Waals surface area (Å²) in [7, 11) is 0. The van der Waals surface area contributed by atoms with E-state index in [1.807, 2.05) is 0 Å². The third-order valence-electron chi connectivity index (χ3n) is 7.00. The number of nitrogens with two attached hydrogens (primary N) is 1. The van der Waals surface area contributed by atoms with Crippen molar-refractivity contribution >= 4 is 29.2 Å². The molecule has 4 bridgehead atoms. The van der Waals surface area contributed by atoms with Gasteiger partial charge >= 0.3 is 5.97 Å². The van der Waals surface area contributed by atoms with Gasteiger partial charge in [0.2, 0.25) is 0 Å². The van der Waals surface area contributed by atoms with Crippen LogP contribution in [-0.4, -0.2) is 43.7 Å². The highest BCUT2D eigenvalue weighted by molar-refractivity contribution is 5.98. The second kappa shape index (κ2) is 7.19. The van der Waals surface area contributed by atoms with Crippen LogP contribution in [0.1, 0.15) is 52.8 Å². The zero-order chi connectivity index (χ0) is 21.8. The standard InChI is InChI=1S/C22H25N5O4/c23-20(28)15-10-25-18(27-17-2-1-12(9-24-17)21(29)30)5-16(15)26-19-13-3-11-4-14(19)8-22(31,6-11)7-13/h1-2,5,9-11,13-14,19,31H,3-4,6-8H2,(H2,23,28)(H,29,30)(H2,24,25,26,27)/t11-,13+,14-,19-,22+. The minimum atomic E-state index is -1.05. The summed E-state index contributed by atoms with van der Waals surface area (Å²) in [4.78, 5) is 31.3. The molecule has 4 fully saturated rings. The minimum Gasteiger partial charge on any atom is -0.478 e. The van der Waals surface area contributed by atoms with Crippen LogP contribution in [-0.2, 0) is 0 Å². The van der Waals surface area contributed by atoms with Crippen LogP contribution in [0, 0.1) is 17.8 Å². The predicted molar refractivity (Wildman–Crippen MR) is 113 cm³/mol. The number of aromatic carboxylic acids is 1. The molecule has 2 aromatic rings. The SMILES string of the molecule is NC(=O)c1cnc(Nc2ccc(C(=O)O)cn2)cc1N[C@H]1[C@@H]2C[C@H]3C[C@H]1C[C@@](O)(C3)C2. The first-order valence-electron chi connectivity index (χ1n) is 10.5. The van der Waals surface area contributed by atoms with Crippen molar-refractivity contribution in [2.75, 3.05) is 10.6 Å². The van der Waals surface area contributed by atoms with Gasteiger partial charge in [-0.3, -0.25) is 4.79 Å². The monoisotopic (exact) mass is 423 g/mol. The molecule has 0 radical (unpaired) electrons. The number of amides is 1. The number of nitrogens with one attached hydrogen (secondary N) is 2. The van der Waals surface area contributed by atoms with Crippen LogP contribution in [0.3, 0.4) is 0 Å². The van der Waals surface area contributed by atoms with Crippen molar-refractivity contribution in [1.82, 2.24) is 9.97 Å². The molecule has 9 heteroatoms. The van der Waals surface area contributed by atoms with E-state index >= 15 is 0 Å². The number of hydrogen-bond acceptors (Lipinski definition) is 7. The fourth-order valence-electron chi connectivity index (χ4n) is 5.96. The summed E-state index contributed by atoms with van der Waals surface area (Å²) in [6.07, 6.45) is 7.38. The van der Waals surface area contributed by atoms with Crippen molar-refractivity contribution in [3.63, 3.8) is 0 Å². The number of aromatic nitrogens is 2. The van der Waals surface area contributed by atoms with Gasteiger partial charge < -0.3 is 26.6 Å². The molecular weight excluding hydrogens is 398 g/mol. The van der Waals surface area contributed by atoms with E-state index in [9.17, 15) is 14.7 Å². The first kappa shape index (κ1) is 19.7. The Balaban J connectivity index is 1.39. The Bertz CT molecular complexity index is 1020. The van der Waals surface area contributed by atoms with E-state index in [4.69, 9.17) is 10.8 Å². The fourth-order valence-corrected chi connectivity index (χ4v) is 5.96. The number of primary amides is 1. The number of carbonyl (C=O) groups is 2. The lowest BCUT2D eigenvalue weighted by Gasteiger charge is -2.58. The van der Waals surface area contributed by atoms with E-state index in [-0.39, 0.29) is 11.6 Å². The summed E-state index contributed by atoms with van der Waals surface area (Å²) in [6.45, 7) is 0. The maximum atomic E-state index is 12.0. The van der Waals surface area contributed by atoms with Gasteiger partial charge in [0.1, 0.15) is 11.6 Å². The maximum absolute atomic E-state index is 12.0. The number of pyridine rings is 2. The molecule has 2 heterocycles. The van der Waals surface area contributed by atoms with Gasteiger partial charge in [0.15, 0.2) is 0 Å². The highest BCUT2D eigenvalue weighted by Gasteiger charge is 2.54. The van der Waals surface area contributed by atoms with Gasteiger partial charge in [0.05, 0.1) is 22.4 Å². The predicted octanol–water partition coefficient (Wildman–Crippen LogP) is 2.37. The summed E-state index contributed by atoms with van der Waals surface area (Å²) >= 11 is 0. The highest BCUT2D eigenvalue weighted by Crippen LogP contribution is 2.56. The Hall–Kier alpha value is -3.20. The second-order valence-electron chi connectivity index (χ2n) is 9.21. The van der Waals surface area contributed by atoms with Crippen molar-refractivity contribution in [3.8, 4) is 0 Å². The number of carboxylic acid groups (broad SMARTS) is 1. The number of rotatable bonds is 6. The molecule has 2 aromatic heterocycles. The van der Waals surface area contributed by atoms with Gasteiger partial charge in [-0.1, -0.05) is 0 Å². The Morgan fingerprint density at radius 3 is 2.35 bits per heavy atom. The molecule has 0 aromatic carbocycles. The molecule has 4 aliphatic rings. The van der Waals surface area contributed by atoms with Gasteiger partial charge in [-0.15, -0.1) is 0 Å². The van der Waals surface area contributed by atoms with Gasteiger partial charge in [0.25, 0.3) is 5.91 Å². The van der Waals surface area contributed by atoms with E-state index < -0.39 is 17.5 Å². The molecule has 9 nitrogen and oxygen atoms in total. The molecule has 0 aliphatic heterocycles. The normalized spacial score (nSPS) is 30.7. The number of aliphatic hydroxyl groups is 1. The summed E-state index contributed by atoms with van der Waals surface area (Å²) in [6, 6.07) is 4.91. The average molecular weight is 423 g/mol. The lowest BCUT2D eigenvalue weighted by molar-refractivity contribution is -0.129. The number of hydrogen-bond donors (Lipinski definition) is 5. The number of anilines is 3. The molecule has 5 atom stereocenters. The molecule has 0 spiro atoms. The number of carbonyl (C=O) groups excluding carboxylic acids is 1. The lowest BCUT2D eigenvalue weighted by Crippen LogP contribution is -2.59. The van der Waals surface area contributed by atoms with Gasteiger partial charge in [-0.2, -0.15) is 0 Å². The maximum Gasteiger partial charge on any atom is 0.337 e. The number of carboxylic acids is 1. The molecule has 1 amide bonds. The smallest absolute Gasteiger partial charge is 0.337 e. The number of nitrogens with zero attached hydrogens (tertiary/aromatic N) is 2. The molecule has 4 aliphatic carbocycles. The van der Waals surface area contributed by atoms with Crippen molar-refractivity contribution in [1.29, 1.82) is 0 Å². The Morgan fingerprint density at radius 1 is 1.06 bits per heavy atom. The van der Waals surface area contributed by atoms with Crippen LogP contribution in [0.4, 0.5) is 17.3 Å². The first-order valence-corrected chi connectivity index (χ1v) is 10.5. The fraction of sp³-hybridized carbons (Fsp3) is 0.455.